The minimum Gasteiger partial charge on any atom is -0.469 e. The van der Waals surface area contributed by atoms with Crippen molar-refractivity contribution in [2.45, 2.75) is 20.0 Å². The lowest BCUT2D eigenvalue weighted by atomic mass is 10.1. The number of aryl methyl sites for hydroxylation is 2. The van der Waals surface area contributed by atoms with Crippen molar-refractivity contribution >= 4 is 23.2 Å². The van der Waals surface area contributed by atoms with Crippen LogP contribution in [0, 0.1) is 13.8 Å². The SMILES string of the molecule is Cc1coc(C)c1C(=O)Nc1ccc(Cl)c(C(F)(F)F)c1. The van der Waals surface area contributed by atoms with Crippen molar-refractivity contribution in [3.8, 4) is 0 Å². The summed E-state index contributed by atoms with van der Waals surface area (Å²) in [4.78, 5) is 12.1. The number of rotatable bonds is 2. The second-order valence-corrected chi connectivity index (χ2v) is 4.90. The molecule has 0 aliphatic rings. The van der Waals surface area contributed by atoms with E-state index in [1.165, 1.54) is 12.3 Å². The van der Waals surface area contributed by atoms with E-state index in [1.54, 1.807) is 13.8 Å². The van der Waals surface area contributed by atoms with Crippen LogP contribution in [0.4, 0.5) is 18.9 Å². The Bertz CT molecular complexity index is 673. The number of amides is 1. The van der Waals surface area contributed by atoms with Crippen LogP contribution in [0.15, 0.2) is 28.9 Å². The van der Waals surface area contributed by atoms with Crippen molar-refractivity contribution in [3.05, 3.63) is 51.9 Å². The predicted octanol–water partition coefficient (Wildman–Crippen LogP) is 4.82. The molecule has 2 aromatic rings. The molecule has 0 aliphatic heterocycles. The monoisotopic (exact) mass is 317 g/mol. The quantitative estimate of drug-likeness (QED) is 0.862. The van der Waals surface area contributed by atoms with Gasteiger partial charge in [0.1, 0.15) is 5.76 Å². The number of carbonyl (C=O) groups excluding carboxylic acids is 1. The van der Waals surface area contributed by atoms with Gasteiger partial charge in [-0.25, -0.2) is 0 Å². The molecule has 0 aliphatic carbocycles. The number of hydrogen-bond acceptors (Lipinski definition) is 2. The van der Waals surface area contributed by atoms with Crippen LogP contribution in [0.1, 0.15) is 27.2 Å². The van der Waals surface area contributed by atoms with Crippen molar-refractivity contribution in [2.75, 3.05) is 5.32 Å². The molecule has 21 heavy (non-hydrogen) atoms. The Morgan fingerprint density at radius 3 is 2.48 bits per heavy atom. The zero-order valence-electron chi connectivity index (χ0n) is 11.1. The van der Waals surface area contributed by atoms with E-state index in [9.17, 15) is 18.0 Å². The summed E-state index contributed by atoms with van der Waals surface area (Å²) in [6.07, 6.45) is -3.17. The van der Waals surface area contributed by atoms with E-state index in [2.05, 4.69) is 5.32 Å². The lowest BCUT2D eigenvalue weighted by Crippen LogP contribution is -2.14. The second-order valence-electron chi connectivity index (χ2n) is 4.50. The van der Waals surface area contributed by atoms with Crippen LogP contribution in [-0.4, -0.2) is 5.91 Å². The van der Waals surface area contributed by atoms with Crippen LogP contribution >= 0.6 is 11.6 Å². The van der Waals surface area contributed by atoms with Gasteiger partial charge in [0.25, 0.3) is 5.91 Å². The maximum absolute atomic E-state index is 12.8. The fraction of sp³-hybridized carbons (Fsp3) is 0.214. The summed E-state index contributed by atoms with van der Waals surface area (Å²) < 4.78 is 43.4. The third-order valence-electron chi connectivity index (χ3n) is 2.92. The Balaban J connectivity index is 2.31. The Hall–Kier alpha value is -1.95. The lowest BCUT2D eigenvalue weighted by molar-refractivity contribution is -0.137. The molecule has 112 valence electrons. The molecule has 1 aromatic carbocycles. The van der Waals surface area contributed by atoms with Crippen molar-refractivity contribution < 1.29 is 22.4 Å². The molecule has 1 aromatic heterocycles. The van der Waals surface area contributed by atoms with Crippen LogP contribution in [0.2, 0.25) is 5.02 Å². The van der Waals surface area contributed by atoms with E-state index in [4.69, 9.17) is 16.0 Å². The molecule has 0 saturated heterocycles. The smallest absolute Gasteiger partial charge is 0.417 e. The molecule has 0 radical (unpaired) electrons. The minimum atomic E-state index is -4.58. The summed E-state index contributed by atoms with van der Waals surface area (Å²) in [6.45, 7) is 3.28. The molecular weight excluding hydrogens is 307 g/mol. The lowest BCUT2D eigenvalue weighted by Gasteiger charge is -2.11. The largest absolute Gasteiger partial charge is 0.469 e. The van der Waals surface area contributed by atoms with Gasteiger partial charge < -0.3 is 9.73 Å². The number of alkyl halides is 3. The van der Waals surface area contributed by atoms with Crippen molar-refractivity contribution in [2.24, 2.45) is 0 Å². The minimum absolute atomic E-state index is 0.0109. The first kappa shape index (κ1) is 15.4. The van der Waals surface area contributed by atoms with E-state index in [-0.39, 0.29) is 5.69 Å². The standard InChI is InChI=1S/C14H11ClF3NO2/c1-7-6-21-8(2)12(7)13(20)19-9-3-4-11(15)10(5-9)14(16,17)18/h3-6H,1-2H3,(H,19,20). The number of benzene rings is 1. The van der Waals surface area contributed by atoms with Gasteiger partial charge in [-0.15, -0.1) is 0 Å². The van der Waals surface area contributed by atoms with Crippen LogP contribution in [0.5, 0.6) is 0 Å². The summed E-state index contributed by atoms with van der Waals surface area (Å²) in [5.41, 5.74) is -0.0761. The highest BCUT2D eigenvalue weighted by atomic mass is 35.5. The van der Waals surface area contributed by atoms with Gasteiger partial charge in [-0.05, 0) is 32.0 Å². The van der Waals surface area contributed by atoms with E-state index >= 15 is 0 Å². The molecule has 0 atom stereocenters. The van der Waals surface area contributed by atoms with Crippen LogP contribution in [0.25, 0.3) is 0 Å². The average molecular weight is 318 g/mol. The first-order chi connectivity index (χ1) is 9.70. The maximum Gasteiger partial charge on any atom is 0.417 e. The van der Waals surface area contributed by atoms with Gasteiger partial charge in [0.05, 0.1) is 22.4 Å². The Morgan fingerprint density at radius 1 is 1.29 bits per heavy atom. The molecule has 1 heterocycles. The van der Waals surface area contributed by atoms with E-state index in [0.29, 0.717) is 16.9 Å². The van der Waals surface area contributed by atoms with Gasteiger partial charge >= 0.3 is 6.18 Å². The van der Waals surface area contributed by atoms with Crippen LogP contribution in [-0.2, 0) is 6.18 Å². The number of furan rings is 1. The van der Waals surface area contributed by atoms with Gasteiger partial charge in [-0.2, -0.15) is 13.2 Å². The first-order valence-corrected chi connectivity index (χ1v) is 6.30. The topological polar surface area (TPSA) is 42.2 Å². The van der Waals surface area contributed by atoms with E-state index in [1.807, 2.05) is 0 Å². The maximum atomic E-state index is 12.8. The molecule has 0 spiro atoms. The zero-order chi connectivity index (χ0) is 15.8. The number of anilines is 1. The summed E-state index contributed by atoms with van der Waals surface area (Å²) >= 11 is 5.52. The summed E-state index contributed by atoms with van der Waals surface area (Å²) in [7, 11) is 0. The van der Waals surface area contributed by atoms with E-state index < -0.39 is 22.7 Å². The number of nitrogens with one attached hydrogen (secondary N) is 1. The summed E-state index contributed by atoms with van der Waals surface area (Å²) in [5, 5.41) is 1.99. The molecule has 3 nitrogen and oxygen atoms in total. The van der Waals surface area contributed by atoms with E-state index in [0.717, 1.165) is 12.1 Å². The molecule has 7 heteroatoms. The van der Waals surface area contributed by atoms with Gasteiger partial charge in [0.15, 0.2) is 0 Å². The summed E-state index contributed by atoms with van der Waals surface area (Å²) in [6, 6.07) is 3.19. The molecule has 0 unspecified atom stereocenters. The highest BCUT2D eigenvalue weighted by Crippen LogP contribution is 2.36. The van der Waals surface area contributed by atoms with Gasteiger partial charge in [-0.1, -0.05) is 11.6 Å². The Morgan fingerprint density at radius 2 is 1.95 bits per heavy atom. The normalized spacial score (nSPS) is 11.5. The van der Waals surface area contributed by atoms with Gasteiger partial charge in [0.2, 0.25) is 0 Å². The van der Waals surface area contributed by atoms with Crippen molar-refractivity contribution in [3.63, 3.8) is 0 Å². The molecule has 1 amide bonds. The number of hydrogen-bond donors (Lipinski definition) is 1. The number of halogens is 4. The fourth-order valence-electron chi connectivity index (χ4n) is 1.93. The third kappa shape index (κ3) is 3.21. The first-order valence-electron chi connectivity index (χ1n) is 5.93. The third-order valence-corrected chi connectivity index (χ3v) is 3.25. The molecular formula is C14H11ClF3NO2. The molecule has 0 bridgehead atoms. The Kier molecular flexibility index (Phi) is 4.00. The van der Waals surface area contributed by atoms with Gasteiger partial charge in [0, 0.05) is 11.3 Å². The average Bonchev–Trinajstić information content (AvgIpc) is 2.70. The predicted molar refractivity (Wildman–Crippen MR) is 72.6 cm³/mol. The van der Waals surface area contributed by atoms with Gasteiger partial charge in [-0.3, -0.25) is 4.79 Å². The molecule has 2 rings (SSSR count). The fourth-order valence-corrected chi connectivity index (χ4v) is 2.15. The van der Waals surface area contributed by atoms with Crippen LogP contribution in [0.3, 0.4) is 0 Å². The van der Waals surface area contributed by atoms with Crippen LogP contribution < -0.4 is 5.32 Å². The second kappa shape index (κ2) is 5.44. The highest BCUT2D eigenvalue weighted by molar-refractivity contribution is 6.31. The zero-order valence-corrected chi connectivity index (χ0v) is 11.9. The number of carbonyl (C=O) groups is 1. The highest BCUT2D eigenvalue weighted by Gasteiger charge is 2.33. The van der Waals surface area contributed by atoms with Crippen molar-refractivity contribution in [1.82, 2.24) is 0 Å². The molecule has 1 N–H and O–H groups in total. The Labute approximate surface area is 123 Å². The van der Waals surface area contributed by atoms with Crippen molar-refractivity contribution in [1.29, 1.82) is 0 Å². The molecule has 0 fully saturated rings. The summed E-state index contributed by atoms with van der Waals surface area (Å²) in [5.74, 6) is -0.135. The molecule has 0 saturated carbocycles.